The second kappa shape index (κ2) is 2.74. The predicted molar refractivity (Wildman–Crippen MR) is 45.0 cm³/mol. The summed E-state index contributed by atoms with van der Waals surface area (Å²) in [6, 6.07) is 6.06. The molecule has 1 aromatic carbocycles. The average Bonchev–Trinajstić information content (AvgIpc) is 1.95. The molecule has 1 nitrogen and oxygen atoms in total. The van der Waals surface area contributed by atoms with Crippen LogP contribution in [0.15, 0.2) is 18.2 Å². The molecule has 0 spiro atoms. The van der Waals surface area contributed by atoms with E-state index >= 15 is 0 Å². The van der Waals surface area contributed by atoms with Gasteiger partial charge >= 0.3 is 0 Å². The van der Waals surface area contributed by atoms with Crippen LogP contribution in [0.3, 0.4) is 0 Å². The fraction of sp³-hybridized carbons (Fsp3) is 0.333. The fourth-order valence-electron chi connectivity index (χ4n) is 1.09. The van der Waals surface area contributed by atoms with Crippen molar-refractivity contribution in [2.45, 2.75) is 20.3 Å². The van der Waals surface area contributed by atoms with Gasteiger partial charge in [-0.3, -0.25) is 0 Å². The van der Waals surface area contributed by atoms with Crippen molar-refractivity contribution < 1.29 is 0 Å². The van der Waals surface area contributed by atoms with E-state index in [9.17, 15) is 0 Å². The van der Waals surface area contributed by atoms with Gasteiger partial charge in [-0.25, -0.2) is 0 Å². The minimum absolute atomic E-state index is 0.902. The molecule has 0 amide bonds. The largest absolute Gasteiger partial charge is 0.399 e. The summed E-state index contributed by atoms with van der Waals surface area (Å²) in [6.45, 7) is 4.20. The Labute approximate surface area is 61.9 Å². The van der Waals surface area contributed by atoms with Crippen molar-refractivity contribution in [3.05, 3.63) is 29.3 Å². The van der Waals surface area contributed by atoms with Gasteiger partial charge in [0.25, 0.3) is 0 Å². The summed E-state index contributed by atoms with van der Waals surface area (Å²) >= 11 is 0. The van der Waals surface area contributed by atoms with Crippen molar-refractivity contribution >= 4 is 5.69 Å². The van der Waals surface area contributed by atoms with Gasteiger partial charge in [0.2, 0.25) is 0 Å². The predicted octanol–water partition coefficient (Wildman–Crippen LogP) is 2.14. The number of hydrogen-bond acceptors (Lipinski definition) is 1. The smallest absolute Gasteiger partial charge is 0.0346 e. The highest BCUT2D eigenvalue weighted by Crippen LogP contribution is 2.15. The Morgan fingerprint density at radius 3 is 2.60 bits per heavy atom. The third-order valence-electron chi connectivity index (χ3n) is 1.87. The fourth-order valence-corrected chi connectivity index (χ4v) is 1.09. The number of nitrogens with two attached hydrogens (primary N) is 1. The molecule has 0 aliphatic heterocycles. The van der Waals surface area contributed by atoms with Crippen LogP contribution in [0.5, 0.6) is 0 Å². The van der Waals surface area contributed by atoms with E-state index in [1.165, 1.54) is 11.1 Å². The van der Waals surface area contributed by atoms with E-state index in [2.05, 4.69) is 19.9 Å². The second-order valence-corrected chi connectivity index (χ2v) is 2.48. The van der Waals surface area contributed by atoms with Gasteiger partial charge in [-0.1, -0.05) is 19.1 Å². The molecular formula is C9H13N. The lowest BCUT2D eigenvalue weighted by atomic mass is 10.1. The standard InChI is InChI=1S/C9H13N/c1-3-8-5-4-6-9(10)7(8)2/h4-6H,3,10H2,1-2H3. The third-order valence-corrected chi connectivity index (χ3v) is 1.87. The molecule has 10 heavy (non-hydrogen) atoms. The number of hydrogen-bond donors (Lipinski definition) is 1. The lowest BCUT2D eigenvalue weighted by molar-refractivity contribution is 1.11. The Bertz CT molecular complexity index is 228. The first-order valence-electron chi connectivity index (χ1n) is 3.59. The van der Waals surface area contributed by atoms with E-state index in [1.807, 2.05) is 12.1 Å². The Morgan fingerprint density at radius 1 is 1.40 bits per heavy atom. The van der Waals surface area contributed by atoms with Gasteiger partial charge in [-0.2, -0.15) is 0 Å². The SMILES string of the molecule is CCc1cccc(N)c1C. The molecule has 0 aliphatic rings. The summed E-state index contributed by atoms with van der Waals surface area (Å²) < 4.78 is 0. The van der Waals surface area contributed by atoms with Crippen LogP contribution in [-0.2, 0) is 6.42 Å². The van der Waals surface area contributed by atoms with Gasteiger partial charge < -0.3 is 5.73 Å². The zero-order chi connectivity index (χ0) is 7.56. The maximum absolute atomic E-state index is 5.70. The van der Waals surface area contributed by atoms with Crippen molar-refractivity contribution in [2.75, 3.05) is 5.73 Å². The molecule has 0 saturated carbocycles. The first kappa shape index (κ1) is 7.13. The van der Waals surface area contributed by atoms with Crippen molar-refractivity contribution in [1.82, 2.24) is 0 Å². The van der Waals surface area contributed by atoms with Crippen LogP contribution in [0.2, 0.25) is 0 Å². The number of aryl methyl sites for hydroxylation is 1. The van der Waals surface area contributed by atoms with E-state index in [0.717, 1.165) is 12.1 Å². The molecule has 0 aliphatic carbocycles. The number of anilines is 1. The number of benzene rings is 1. The molecule has 0 bridgehead atoms. The van der Waals surface area contributed by atoms with Crippen LogP contribution in [0, 0.1) is 6.92 Å². The molecule has 2 N–H and O–H groups in total. The summed E-state index contributed by atoms with van der Waals surface area (Å²) in [7, 11) is 0. The summed E-state index contributed by atoms with van der Waals surface area (Å²) in [6.07, 6.45) is 1.07. The van der Waals surface area contributed by atoms with E-state index < -0.39 is 0 Å². The van der Waals surface area contributed by atoms with Crippen LogP contribution >= 0.6 is 0 Å². The van der Waals surface area contributed by atoms with Gasteiger partial charge in [-0.15, -0.1) is 0 Å². The monoisotopic (exact) mass is 135 g/mol. The van der Waals surface area contributed by atoms with E-state index in [0.29, 0.717) is 0 Å². The topological polar surface area (TPSA) is 26.0 Å². The van der Waals surface area contributed by atoms with Crippen LogP contribution in [0.25, 0.3) is 0 Å². The van der Waals surface area contributed by atoms with Crippen molar-refractivity contribution in [2.24, 2.45) is 0 Å². The first-order chi connectivity index (χ1) is 4.75. The second-order valence-electron chi connectivity index (χ2n) is 2.48. The number of nitrogen functional groups attached to an aromatic ring is 1. The summed E-state index contributed by atoms with van der Waals surface area (Å²) in [5.41, 5.74) is 9.17. The highest BCUT2D eigenvalue weighted by molar-refractivity contribution is 5.49. The molecule has 1 heteroatoms. The van der Waals surface area contributed by atoms with Crippen molar-refractivity contribution in [1.29, 1.82) is 0 Å². The molecule has 0 saturated heterocycles. The lowest BCUT2D eigenvalue weighted by Gasteiger charge is -2.04. The minimum Gasteiger partial charge on any atom is -0.399 e. The Balaban J connectivity index is 3.14. The van der Waals surface area contributed by atoms with E-state index in [-0.39, 0.29) is 0 Å². The van der Waals surface area contributed by atoms with Gasteiger partial charge in [-0.05, 0) is 30.5 Å². The molecule has 0 heterocycles. The molecule has 1 rings (SSSR count). The Hall–Kier alpha value is -0.980. The summed E-state index contributed by atoms with van der Waals surface area (Å²) in [5, 5.41) is 0. The van der Waals surface area contributed by atoms with Crippen LogP contribution in [-0.4, -0.2) is 0 Å². The minimum atomic E-state index is 0.902. The maximum atomic E-state index is 5.70. The van der Waals surface area contributed by atoms with Crippen LogP contribution < -0.4 is 5.73 Å². The van der Waals surface area contributed by atoms with Crippen molar-refractivity contribution in [3.8, 4) is 0 Å². The highest BCUT2D eigenvalue weighted by atomic mass is 14.6. The van der Waals surface area contributed by atoms with E-state index in [1.54, 1.807) is 0 Å². The molecule has 0 fully saturated rings. The molecule has 0 radical (unpaired) electrons. The van der Waals surface area contributed by atoms with Gasteiger partial charge in [0.05, 0.1) is 0 Å². The third kappa shape index (κ3) is 1.13. The van der Waals surface area contributed by atoms with Crippen LogP contribution in [0.4, 0.5) is 5.69 Å². The van der Waals surface area contributed by atoms with Crippen molar-refractivity contribution in [3.63, 3.8) is 0 Å². The summed E-state index contributed by atoms with van der Waals surface area (Å²) in [4.78, 5) is 0. The zero-order valence-electron chi connectivity index (χ0n) is 6.52. The zero-order valence-corrected chi connectivity index (χ0v) is 6.52. The van der Waals surface area contributed by atoms with Gasteiger partial charge in [0.1, 0.15) is 0 Å². The molecule has 54 valence electrons. The Kier molecular flexibility index (Phi) is 1.95. The summed E-state index contributed by atoms with van der Waals surface area (Å²) in [5.74, 6) is 0. The quantitative estimate of drug-likeness (QED) is 0.586. The van der Waals surface area contributed by atoms with Crippen LogP contribution in [0.1, 0.15) is 18.1 Å². The van der Waals surface area contributed by atoms with Gasteiger partial charge in [0, 0.05) is 5.69 Å². The average molecular weight is 135 g/mol. The number of rotatable bonds is 1. The maximum Gasteiger partial charge on any atom is 0.0346 e. The molecule has 0 aromatic heterocycles. The first-order valence-corrected chi connectivity index (χ1v) is 3.59. The highest BCUT2D eigenvalue weighted by Gasteiger charge is 1.96. The molecule has 1 aromatic rings. The molecule has 0 atom stereocenters. The van der Waals surface area contributed by atoms with Gasteiger partial charge in [0.15, 0.2) is 0 Å². The van der Waals surface area contributed by atoms with E-state index in [4.69, 9.17) is 5.73 Å². The normalized spacial score (nSPS) is 9.80. The molecular weight excluding hydrogens is 122 g/mol. The Morgan fingerprint density at radius 2 is 2.10 bits per heavy atom. The lowest BCUT2D eigenvalue weighted by Crippen LogP contribution is -1.93. The molecule has 0 unspecified atom stereocenters.